The Morgan fingerprint density at radius 1 is 1.17 bits per heavy atom. The number of hydrogen-bond donors (Lipinski definition) is 1. The van der Waals surface area contributed by atoms with Crippen molar-refractivity contribution in [1.82, 2.24) is 9.55 Å². The number of nitrogens with one attached hydrogen (secondary N) is 1. The number of hydrogen-bond acceptors (Lipinski definition) is 5. The molecule has 1 aromatic heterocycles. The highest BCUT2D eigenvalue weighted by Gasteiger charge is 2.20. The van der Waals surface area contributed by atoms with Crippen LogP contribution < -0.4 is 14.8 Å². The summed E-state index contributed by atoms with van der Waals surface area (Å²) in [5, 5.41) is 3.48. The van der Waals surface area contributed by atoms with Crippen molar-refractivity contribution in [2.75, 3.05) is 18.5 Å². The minimum atomic E-state index is -0.281. The predicted molar refractivity (Wildman–Crippen MR) is 115 cm³/mol. The topological polar surface area (TPSA) is 65.4 Å². The Morgan fingerprint density at radius 3 is 2.69 bits per heavy atom. The molecule has 0 aliphatic carbocycles. The molecule has 1 unspecified atom stereocenters. The van der Waals surface area contributed by atoms with Gasteiger partial charge < -0.3 is 19.4 Å². The Hall–Kier alpha value is -2.93. The second-order valence-corrected chi connectivity index (χ2v) is 7.95. The highest BCUT2D eigenvalue weighted by atomic mass is 32.2. The zero-order valence-corrected chi connectivity index (χ0v) is 17.2. The highest BCUT2D eigenvalue weighted by Crippen LogP contribution is 2.36. The third-order valence-corrected chi connectivity index (χ3v) is 5.77. The van der Waals surface area contributed by atoms with E-state index in [1.54, 1.807) is 0 Å². The van der Waals surface area contributed by atoms with Gasteiger partial charge in [0.25, 0.3) is 0 Å². The largest absolute Gasteiger partial charge is 0.486 e. The van der Waals surface area contributed by atoms with Gasteiger partial charge in [-0.15, -0.1) is 0 Å². The molecule has 0 saturated heterocycles. The summed E-state index contributed by atoms with van der Waals surface area (Å²) in [6.07, 6.45) is 1.85. The number of anilines is 1. The van der Waals surface area contributed by atoms with Crippen molar-refractivity contribution in [2.24, 2.45) is 0 Å². The molecule has 0 saturated carbocycles. The normalized spacial score (nSPS) is 13.7. The SMILES string of the molecule is CCn1c(-c2ccc3c(c2)OCCO3)cnc1SC(C)C(=O)Nc1ccccc1. The van der Waals surface area contributed by atoms with Gasteiger partial charge in [0.15, 0.2) is 16.7 Å². The number of benzene rings is 2. The van der Waals surface area contributed by atoms with Gasteiger partial charge in [-0.25, -0.2) is 4.98 Å². The van der Waals surface area contributed by atoms with E-state index in [0.717, 1.165) is 40.1 Å². The monoisotopic (exact) mass is 409 g/mol. The lowest BCUT2D eigenvalue weighted by molar-refractivity contribution is -0.115. The molecule has 3 aromatic rings. The van der Waals surface area contributed by atoms with Gasteiger partial charge in [0.2, 0.25) is 5.91 Å². The number of ether oxygens (including phenoxy) is 2. The maximum Gasteiger partial charge on any atom is 0.237 e. The third kappa shape index (κ3) is 4.24. The molecule has 6 nitrogen and oxygen atoms in total. The Labute approximate surface area is 174 Å². The van der Waals surface area contributed by atoms with Crippen LogP contribution in [0, 0.1) is 0 Å². The molecule has 1 atom stereocenters. The summed E-state index contributed by atoms with van der Waals surface area (Å²) >= 11 is 1.45. The van der Waals surface area contributed by atoms with Gasteiger partial charge in [-0.1, -0.05) is 30.0 Å². The van der Waals surface area contributed by atoms with Crippen molar-refractivity contribution in [2.45, 2.75) is 30.8 Å². The summed E-state index contributed by atoms with van der Waals surface area (Å²) in [5.41, 5.74) is 2.79. The predicted octanol–water partition coefficient (Wildman–Crippen LogP) is 4.46. The Kier molecular flexibility index (Phi) is 5.76. The summed E-state index contributed by atoms with van der Waals surface area (Å²) in [4.78, 5) is 17.1. The standard InChI is InChI=1S/C22H23N3O3S/c1-3-25-18(16-9-10-19-20(13-16)28-12-11-27-19)14-23-22(25)29-15(2)21(26)24-17-7-5-4-6-8-17/h4-10,13-15H,3,11-12H2,1-2H3,(H,24,26). The first-order valence-corrected chi connectivity index (χ1v) is 10.5. The van der Waals surface area contributed by atoms with Crippen LogP contribution in [0.25, 0.3) is 11.3 Å². The maximum absolute atomic E-state index is 12.6. The Morgan fingerprint density at radius 2 is 1.93 bits per heavy atom. The summed E-state index contributed by atoms with van der Waals surface area (Å²) < 4.78 is 13.4. The number of aromatic nitrogens is 2. The number of fused-ring (bicyclic) bond motifs is 1. The Bertz CT molecular complexity index is 1000. The quantitative estimate of drug-likeness (QED) is 0.609. The summed E-state index contributed by atoms with van der Waals surface area (Å²) in [6.45, 7) is 5.84. The molecule has 150 valence electrons. The van der Waals surface area contributed by atoms with Crippen molar-refractivity contribution >= 4 is 23.4 Å². The van der Waals surface area contributed by atoms with Crippen LogP contribution >= 0.6 is 11.8 Å². The van der Waals surface area contributed by atoms with E-state index in [2.05, 4.69) is 21.8 Å². The van der Waals surface area contributed by atoms with Crippen molar-refractivity contribution in [3.8, 4) is 22.8 Å². The lowest BCUT2D eigenvalue weighted by atomic mass is 10.1. The van der Waals surface area contributed by atoms with Gasteiger partial charge in [0.05, 0.1) is 17.1 Å². The van der Waals surface area contributed by atoms with E-state index in [4.69, 9.17) is 9.47 Å². The molecule has 0 bridgehead atoms. The van der Waals surface area contributed by atoms with Crippen molar-refractivity contribution in [3.05, 3.63) is 54.7 Å². The van der Waals surface area contributed by atoms with Crippen LogP contribution in [0.5, 0.6) is 11.5 Å². The van der Waals surface area contributed by atoms with Crippen LogP contribution in [0.1, 0.15) is 13.8 Å². The molecule has 4 rings (SSSR count). The molecule has 1 aliphatic heterocycles. The van der Waals surface area contributed by atoms with E-state index in [1.807, 2.05) is 61.7 Å². The second-order valence-electron chi connectivity index (χ2n) is 6.64. The number of rotatable bonds is 6. The zero-order valence-electron chi connectivity index (χ0n) is 16.4. The lowest BCUT2D eigenvalue weighted by Gasteiger charge is -2.19. The van der Waals surface area contributed by atoms with Gasteiger partial charge in [-0.2, -0.15) is 0 Å². The number of carbonyl (C=O) groups is 1. The average molecular weight is 410 g/mol. The zero-order chi connectivity index (χ0) is 20.2. The third-order valence-electron chi connectivity index (χ3n) is 4.67. The molecule has 2 aromatic carbocycles. The number of imidazole rings is 1. The second kappa shape index (κ2) is 8.61. The molecule has 1 amide bonds. The van der Waals surface area contributed by atoms with Gasteiger partial charge in [-0.3, -0.25) is 4.79 Å². The molecule has 29 heavy (non-hydrogen) atoms. The average Bonchev–Trinajstić information content (AvgIpc) is 3.16. The van der Waals surface area contributed by atoms with Crippen LogP contribution in [0.2, 0.25) is 0 Å². The molecule has 0 fully saturated rings. The van der Waals surface area contributed by atoms with E-state index in [0.29, 0.717) is 13.2 Å². The minimum absolute atomic E-state index is 0.0484. The molecule has 0 spiro atoms. The van der Waals surface area contributed by atoms with Gasteiger partial charge >= 0.3 is 0 Å². The van der Waals surface area contributed by atoms with Gasteiger partial charge in [0, 0.05) is 17.8 Å². The maximum atomic E-state index is 12.6. The lowest BCUT2D eigenvalue weighted by Crippen LogP contribution is -2.22. The van der Waals surface area contributed by atoms with Gasteiger partial charge in [0.1, 0.15) is 13.2 Å². The van der Waals surface area contributed by atoms with Crippen LogP contribution in [-0.4, -0.2) is 33.9 Å². The Balaban J connectivity index is 1.52. The number of nitrogens with zero attached hydrogens (tertiary/aromatic N) is 2. The van der Waals surface area contributed by atoms with Crippen molar-refractivity contribution < 1.29 is 14.3 Å². The molecule has 1 aliphatic rings. The van der Waals surface area contributed by atoms with E-state index in [9.17, 15) is 4.79 Å². The first-order valence-electron chi connectivity index (χ1n) is 9.64. The van der Waals surface area contributed by atoms with Crippen LogP contribution in [0.4, 0.5) is 5.69 Å². The van der Waals surface area contributed by atoms with E-state index in [-0.39, 0.29) is 11.2 Å². The summed E-state index contributed by atoms with van der Waals surface area (Å²) in [6, 6.07) is 15.4. The van der Waals surface area contributed by atoms with E-state index >= 15 is 0 Å². The first kappa shape index (κ1) is 19.4. The van der Waals surface area contributed by atoms with Crippen molar-refractivity contribution in [3.63, 3.8) is 0 Å². The number of amides is 1. The molecule has 1 N–H and O–H groups in total. The summed E-state index contributed by atoms with van der Waals surface area (Å²) in [7, 11) is 0. The molecule has 2 heterocycles. The molecular formula is C22H23N3O3S. The van der Waals surface area contributed by atoms with Crippen LogP contribution in [0.3, 0.4) is 0 Å². The smallest absolute Gasteiger partial charge is 0.237 e. The van der Waals surface area contributed by atoms with Gasteiger partial charge in [-0.05, 0) is 44.2 Å². The first-order chi connectivity index (χ1) is 14.2. The van der Waals surface area contributed by atoms with E-state index in [1.165, 1.54) is 11.8 Å². The summed E-state index contributed by atoms with van der Waals surface area (Å²) in [5.74, 6) is 1.47. The fourth-order valence-corrected chi connectivity index (χ4v) is 4.12. The van der Waals surface area contributed by atoms with Crippen molar-refractivity contribution in [1.29, 1.82) is 0 Å². The minimum Gasteiger partial charge on any atom is -0.486 e. The number of carbonyl (C=O) groups excluding carboxylic acids is 1. The van der Waals surface area contributed by atoms with E-state index < -0.39 is 0 Å². The molecule has 7 heteroatoms. The number of para-hydroxylation sites is 1. The fraction of sp³-hybridized carbons (Fsp3) is 0.273. The van der Waals surface area contributed by atoms with Crippen LogP contribution in [-0.2, 0) is 11.3 Å². The fourth-order valence-electron chi connectivity index (χ4n) is 3.17. The van der Waals surface area contributed by atoms with Crippen LogP contribution in [0.15, 0.2) is 59.9 Å². The number of thioether (sulfide) groups is 1. The highest BCUT2D eigenvalue weighted by molar-refractivity contribution is 8.00. The molecule has 0 radical (unpaired) electrons. The molecular weight excluding hydrogens is 386 g/mol.